The standard InChI is InChI=1S/C13H26N2O/c1-2-3-9-16-10-8-15-7-6-13(11-15)14-12-4-5-12/h12-14H,2-11H2,1H3. The monoisotopic (exact) mass is 226 g/mol. The Balaban J connectivity index is 1.47. The smallest absolute Gasteiger partial charge is 0.0593 e. The fourth-order valence-corrected chi connectivity index (χ4v) is 2.30. The molecular formula is C13H26N2O. The predicted octanol–water partition coefficient (Wildman–Crippen LogP) is 1.63. The van der Waals surface area contributed by atoms with Gasteiger partial charge in [0.25, 0.3) is 0 Å². The molecule has 1 heterocycles. The van der Waals surface area contributed by atoms with Gasteiger partial charge in [0, 0.05) is 31.8 Å². The molecule has 16 heavy (non-hydrogen) atoms. The SMILES string of the molecule is CCCCOCCN1CCC(NC2CC2)C1. The van der Waals surface area contributed by atoms with Crippen LogP contribution in [0.5, 0.6) is 0 Å². The number of hydrogen-bond acceptors (Lipinski definition) is 3. The molecule has 1 aliphatic heterocycles. The Kier molecular flexibility index (Phi) is 5.07. The van der Waals surface area contributed by atoms with Crippen LogP contribution in [0.15, 0.2) is 0 Å². The predicted molar refractivity (Wildman–Crippen MR) is 66.7 cm³/mol. The molecule has 2 rings (SSSR count). The summed E-state index contributed by atoms with van der Waals surface area (Å²) < 4.78 is 5.60. The van der Waals surface area contributed by atoms with Gasteiger partial charge in [0.1, 0.15) is 0 Å². The van der Waals surface area contributed by atoms with Gasteiger partial charge >= 0.3 is 0 Å². The highest BCUT2D eigenvalue weighted by atomic mass is 16.5. The van der Waals surface area contributed by atoms with Gasteiger partial charge in [0.05, 0.1) is 6.61 Å². The van der Waals surface area contributed by atoms with Gasteiger partial charge in [-0.15, -0.1) is 0 Å². The summed E-state index contributed by atoms with van der Waals surface area (Å²) in [4.78, 5) is 2.53. The van der Waals surface area contributed by atoms with Crippen LogP contribution in [-0.4, -0.2) is 49.8 Å². The molecule has 2 aliphatic rings. The molecule has 1 saturated carbocycles. The average Bonchev–Trinajstić information content (AvgIpc) is 2.98. The zero-order valence-electron chi connectivity index (χ0n) is 10.6. The van der Waals surface area contributed by atoms with Crippen LogP contribution >= 0.6 is 0 Å². The molecule has 3 nitrogen and oxygen atoms in total. The number of rotatable bonds is 8. The van der Waals surface area contributed by atoms with Crippen LogP contribution in [0.1, 0.15) is 39.0 Å². The largest absolute Gasteiger partial charge is 0.380 e. The number of unbranched alkanes of at least 4 members (excludes halogenated alkanes) is 1. The highest BCUT2D eigenvalue weighted by molar-refractivity contribution is 4.89. The zero-order valence-corrected chi connectivity index (χ0v) is 10.6. The van der Waals surface area contributed by atoms with Crippen LogP contribution in [0.4, 0.5) is 0 Å². The third-order valence-electron chi connectivity index (χ3n) is 3.52. The second-order valence-electron chi connectivity index (χ2n) is 5.19. The Bertz CT molecular complexity index is 194. The fourth-order valence-electron chi connectivity index (χ4n) is 2.30. The van der Waals surface area contributed by atoms with E-state index in [1.54, 1.807) is 0 Å². The van der Waals surface area contributed by atoms with Crippen molar-refractivity contribution in [1.29, 1.82) is 0 Å². The third-order valence-corrected chi connectivity index (χ3v) is 3.52. The molecule has 1 unspecified atom stereocenters. The summed E-state index contributed by atoms with van der Waals surface area (Å²) in [7, 11) is 0. The van der Waals surface area contributed by atoms with E-state index < -0.39 is 0 Å². The van der Waals surface area contributed by atoms with Crippen molar-refractivity contribution >= 4 is 0 Å². The van der Waals surface area contributed by atoms with E-state index in [4.69, 9.17) is 4.74 Å². The lowest BCUT2D eigenvalue weighted by Gasteiger charge is -2.16. The Labute approximate surface area is 99.5 Å². The first-order chi connectivity index (χ1) is 7.88. The maximum Gasteiger partial charge on any atom is 0.0593 e. The zero-order chi connectivity index (χ0) is 11.2. The number of hydrogen-bond donors (Lipinski definition) is 1. The molecule has 0 bridgehead atoms. The van der Waals surface area contributed by atoms with Gasteiger partial charge < -0.3 is 10.1 Å². The third kappa shape index (κ3) is 4.40. The molecule has 0 amide bonds. The minimum absolute atomic E-state index is 0.753. The highest BCUT2D eigenvalue weighted by Crippen LogP contribution is 2.21. The van der Waals surface area contributed by atoms with Gasteiger partial charge in [0.2, 0.25) is 0 Å². The van der Waals surface area contributed by atoms with E-state index in [0.29, 0.717) is 0 Å². The molecule has 0 radical (unpaired) electrons. The van der Waals surface area contributed by atoms with Crippen molar-refractivity contribution in [3.8, 4) is 0 Å². The molecular weight excluding hydrogens is 200 g/mol. The van der Waals surface area contributed by atoms with Crippen molar-refractivity contribution in [2.75, 3.05) is 32.8 Å². The molecule has 0 aromatic rings. The van der Waals surface area contributed by atoms with Crippen molar-refractivity contribution in [2.45, 2.75) is 51.1 Å². The molecule has 0 spiro atoms. The second kappa shape index (κ2) is 6.58. The highest BCUT2D eigenvalue weighted by Gasteiger charge is 2.28. The van der Waals surface area contributed by atoms with Gasteiger partial charge in [-0.2, -0.15) is 0 Å². The molecule has 0 aromatic carbocycles. The van der Waals surface area contributed by atoms with E-state index >= 15 is 0 Å². The molecule has 0 aromatic heterocycles. The van der Waals surface area contributed by atoms with Crippen molar-refractivity contribution in [3.05, 3.63) is 0 Å². The van der Waals surface area contributed by atoms with E-state index in [-0.39, 0.29) is 0 Å². The molecule has 1 atom stereocenters. The summed E-state index contributed by atoms with van der Waals surface area (Å²) >= 11 is 0. The Morgan fingerprint density at radius 3 is 2.81 bits per heavy atom. The van der Waals surface area contributed by atoms with E-state index in [0.717, 1.165) is 31.8 Å². The summed E-state index contributed by atoms with van der Waals surface area (Å²) in [6.45, 7) is 7.66. The van der Waals surface area contributed by atoms with Crippen molar-refractivity contribution in [1.82, 2.24) is 10.2 Å². The molecule has 2 fully saturated rings. The lowest BCUT2D eigenvalue weighted by molar-refractivity contribution is 0.108. The van der Waals surface area contributed by atoms with Crippen molar-refractivity contribution < 1.29 is 4.74 Å². The van der Waals surface area contributed by atoms with E-state index in [1.165, 1.54) is 45.2 Å². The summed E-state index contributed by atoms with van der Waals surface area (Å²) in [5.41, 5.74) is 0. The number of nitrogens with one attached hydrogen (secondary N) is 1. The molecule has 1 N–H and O–H groups in total. The summed E-state index contributed by atoms with van der Waals surface area (Å²) in [5, 5.41) is 3.71. The van der Waals surface area contributed by atoms with Gasteiger partial charge in [-0.25, -0.2) is 0 Å². The van der Waals surface area contributed by atoms with Crippen LogP contribution < -0.4 is 5.32 Å². The minimum atomic E-state index is 0.753. The molecule has 3 heteroatoms. The number of ether oxygens (including phenoxy) is 1. The minimum Gasteiger partial charge on any atom is -0.380 e. The van der Waals surface area contributed by atoms with E-state index in [1.807, 2.05) is 0 Å². The normalized spacial score (nSPS) is 26.4. The van der Waals surface area contributed by atoms with E-state index in [9.17, 15) is 0 Å². The van der Waals surface area contributed by atoms with Gasteiger partial charge in [-0.3, -0.25) is 4.90 Å². The first-order valence-corrected chi connectivity index (χ1v) is 6.94. The molecule has 1 saturated heterocycles. The topological polar surface area (TPSA) is 24.5 Å². The van der Waals surface area contributed by atoms with Crippen LogP contribution in [0.25, 0.3) is 0 Å². The molecule has 1 aliphatic carbocycles. The van der Waals surface area contributed by atoms with Crippen LogP contribution in [0, 0.1) is 0 Å². The first kappa shape index (κ1) is 12.3. The summed E-state index contributed by atoms with van der Waals surface area (Å²) in [5.74, 6) is 0. The Morgan fingerprint density at radius 1 is 1.19 bits per heavy atom. The average molecular weight is 226 g/mol. The fraction of sp³-hybridized carbons (Fsp3) is 1.00. The summed E-state index contributed by atoms with van der Waals surface area (Å²) in [6.07, 6.45) is 6.56. The van der Waals surface area contributed by atoms with Crippen LogP contribution in [0.3, 0.4) is 0 Å². The molecule has 94 valence electrons. The van der Waals surface area contributed by atoms with Gasteiger partial charge in [-0.05, 0) is 32.2 Å². The van der Waals surface area contributed by atoms with Gasteiger partial charge in [0.15, 0.2) is 0 Å². The maximum absolute atomic E-state index is 5.60. The summed E-state index contributed by atoms with van der Waals surface area (Å²) in [6, 6.07) is 1.61. The lowest BCUT2D eigenvalue weighted by atomic mass is 10.2. The van der Waals surface area contributed by atoms with Gasteiger partial charge in [-0.1, -0.05) is 13.3 Å². The van der Waals surface area contributed by atoms with Crippen LogP contribution in [0.2, 0.25) is 0 Å². The first-order valence-electron chi connectivity index (χ1n) is 6.94. The van der Waals surface area contributed by atoms with E-state index in [2.05, 4.69) is 17.1 Å². The second-order valence-corrected chi connectivity index (χ2v) is 5.19. The van der Waals surface area contributed by atoms with Crippen LogP contribution in [-0.2, 0) is 4.74 Å². The quantitative estimate of drug-likeness (QED) is 0.637. The maximum atomic E-state index is 5.60. The lowest BCUT2D eigenvalue weighted by Crippen LogP contribution is -2.34. The Hall–Kier alpha value is -0.120. The van der Waals surface area contributed by atoms with Crippen molar-refractivity contribution in [2.24, 2.45) is 0 Å². The van der Waals surface area contributed by atoms with Crippen molar-refractivity contribution in [3.63, 3.8) is 0 Å². The Morgan fingerprint density at radius 2 is 2.06 bits per heavy atom. The number of likely N-dealkylation sites (tertiary alicyclic amines) is 1. The number of nitrogens with zero attached hydrogens (tertiary/aromatic N) is 1.